The fourth-order valence-electron chi connectivity index (χ4n) is 1.42. The molecule has 0 bridgehead atoms. The van der Waals surface area contributed by atoms with Crippen LogP contribution in [0.25, 0.3) is 0 Å². The summed E-state index contributed by atoms with van der Waals surface area (Å²) >= 11 is 0. The van der Waals surface area contributed by atoms with Gasteiger partial charge in [0.2, 0.25) is 0 Å². The Morgan fingerprint density at radius 3 is 2.93 bits per heavy atom. The fourth-order valence-corrected chi connectivity index (χ4v) is 1.42. The van der Waals surface area contributed by atoms with Crippen molar-refractivity contribution in [1.29, 1.82) is 0 Å². The van der Waals surface area contributed by atoms with Gasteiger partial charge in [-0.25, -0.2) is 10.0 Å². The largest absolute Gasteiger partial charge is 0.397 e. The summed E-state index contributed by atoms with van der Waals surface area (Å²) in [5.74, 6) is -0.199. The summed E-state index contributed by atoms with van der Waals surface area (Å²) < 4.78 is 0. The standard InChI is InChI=1S/C10H13N3O2/c11-8-3-4-9(12-7-8)10(14)13-5-1-2-6-15-13/h3-4,7H,1-2,5-6,11H2. The first-order valence-electron chi connectivity index (χ1n) is 4.94. The summed E-state index contributed by atoms with van der Waals surface area (Å²) in [6, 6.07) is 3.26. The highest BCUT2D eigenvalue weighted by Gasteiger charge is 2.20. The van der Waals surface area contributed by atoms with Gasteiger partial charge in [0, 0.05) is 6.54 Å². The highest BCUT2D eigenvalue weighted by molar-refractivity contribution is 5.91. The molecule has 80 valence electrons. The fraction of sp³-hybridized carbons (Fsp3) is 0.400. The number of rotatable bonds is 1. The van der Waals surface area contributed by atoms with Crippen LogP contribution >= 0.6 is 0 Å². The number of aromatic nitrogens is 1. The molecular formula is C10H13N3O2. The number of nitrogens with two attached hydrogens (primary N) is 1. The maximum absolute atomic E-state index is 11.8. The van der Waals surface area contributed by atoms with Crippen LogP contribution in [0.15, 0.2) is 18.3 Å². The van der Waals surface area contributed by atoms with E-state index < -0.39 is 0 Å². The van der Waals surface area contributed by atoms with Gasteiger partial charge < -0.3 is 5.73 Å². The van der Waals surface area contributed by atoms with Crippen LogP contribution < -0.4 is 5.73 Å². The summed E-state index contributed by atoms with van der Waals surface area (Å²) in [6.07, 6.45) is 3.44. The predicted molar refractivity (Wildman–Crippen MR) is 54.9 cm³/mol. The molecule has 1 aromatic rings. The van der Waals surface area contributed by atoms with Gasteiger partial charge in [-0.1, -0.05) is 0 Å². The van der Waals surface area contributed by atoms with Crippen molar-refractivity contribution < 1.29 is 9.63 Å². The number of carbonyl (C=O) groups excluding carboxylic acids is 1. The summed E-state index contributed by atoms with van der Waals surface area (Å²) in [7, 11) is 0. The first-order valence-corrected chi connectivity index (χ1v) is 4.94. The van der Waals surface area contributed by atoms with E-state index in [9.17, 15) is 4.79 Å². The molecule has 2 N–H and O–H groups in total. The van der Waals surface area contributed by atoms with Gasteiger partial charge in [-0.2, -0.15) is 0 Å². The second-order valence-corrected chi connectivity index (χ2v) is 3.42. The van der Waals surface area contributed by atoms with E-state index in [4.69, 9.17) is 10.6 Å². The lowest BCUT2D eigenvalue weighted by Gasteiger charge is -2.25. The smallest absolute Gasteiger partial charge is 0.295 e. The van der Waals surface area contributed by atoms with Crippen molar-refractivity contribution in [3.05, 3.63) is 24.0 Å². The van der Waals surface area contributed by atoms with E-state index in [-0.39, 0.29) is 5.91 Å². The zero-order valence-corrected chi connectivity index (χ0v) is 8.35. The van der Waals surface area contributed by atoms with Crippen molar-refractivity contribution in [2.45, 2.75) is 12.8 Å². The van der Waals surface area contributed by atoms with Crippen molar-refractivity contribution in [2.24, 2.45) is 0 Å². The van der Waals surface area contributed by atoms with Crippen LogP contribution in [-0.4, -0.2) is 29.1 Å². The Bertz CT molecular complexity index is 344. The first-order chi connectivity index (χ1) is 7.27. The average Bonchev–Trinajstić information content (AvgIpc) is 2.30. The lowest BCUT2D eigenvalue weighted by atomic mass is 10.2. The molecule has 1 amide bonds. The van der Waals surface area contributed by atoms with E-state index in [1.165, 1.54) is 11.3 Å². The van der Waals surface area contributed by atoms with Gasteiger partial charge in [0.15, 0.2) is 0 Å². The minimum atomic E-state index is -0.199. The molecule has 15 heavy (non-hydrogen) atoms. The maximum Gasteiger partial charge on any atom is 0.295 e. The molecule has 1 saturated heterocycles. The lowest BCUT2D eigenvalue weighted by molar-refractivity contribution is -0.144. The van der Waals surface area contributed by atoms with Crippen molar-refractivity contribution in [3.8, 4) is 0 Å². The highest BCUT2D eigenvalue weighted by Crippen LogP contribution is 2.10. The molecule has 0 saturated carbocycles. The van der Waals surface area contributed by atoms with Gasteiger partial charge in [0.1, 0.15) is 5.69 Å². The van der Waals surface area contributed by atoms with E-state index in [1.54, 1.807) is 12.1 Å². The van der Waals surface area contributed by atoms with E-state index >= 15 is 0 Å². The Labute approximate surface area is 87.8 Å². The monoisotopic (exact) mass is 207 g/mol. The molecule has 0 radical (unpaired) electrons. The normalized spacial score (nSPS) is 16.4. The van der Waals surface area contributed by atoms with Crippen molar-refractivity contribution in [2.75, 3.05) is 18.9 Å². The number of nitrogen functional groups attached to an aromatic ring is 1. The Kier molecular flexibility index (Phi) is 2.82. The molecular weight excluding hydrogens is 194 g/mol. The van der Waals surface area contributed by atoms with E-state index in [2.05, 4.69) is 4.98 Å². The molecule has 0 atom stereocenters. The van der Waals surface area contributed by atoms with Gasteiger partial charge in [-0.3, -0.25) is 9.63 Å². The minimum absolute atomic E-state index is 0.199. The zero-order chi connectivity index (χ0) is 10.7. The topological polar surface area (TPSA) is 68.5 Å². The molecule has 5 nitrogen and oxygen atoms in total. The van der Waals surface area contributed by atoms with Gasteiger partial charge in [0.25, 0.3) is 5.91 Å². The average molecular weight is 207 g/mol. The Hall–Kier alpha value is -1.62. The van der Waals surface area contributed by atoms with Crippen LogP contribution in [0, 0.1) is 0 Å². The molecule has 0 spiro atoms. The molecule has 0 aromatic carbocycles. The molecule has 2 rings (SSSR count). The molecule has 1 aliphatic rings. The van der Waals surface area contributed by atoms with Crippen LogP contribution in [0.4, 0.5) is 5.69 Å². The first kappa shape index (κ1) is 9.92. The summed E-state index contributed by atoms with van der Waals surface area (Å²) in [6.45, 7) is 1.23. The molecule has 2 heterocycles. The number of nitrogens with zero attached hydrogens (tertiary/aromatic N) is 2. The van der Waals surface area contributed by atoms with Crippen LogP contribution in [0.5, 0.6) is 0 Å². The Balaban J connectivity index is 2.09. The number of anilines is 1. The van der Waals surface area contributed by atoms with E-state index in [0.717, 1.165) is 12.8 Å². The minimum Gasteiger partial charge on any atom is -0.397 e. The summed E-state index contributed by atoms with van der Waals surface area (Å²) in [5.41, 5.74) is 6.40. The number of amides is 1. The number of hydroxylamine groups is 2. The third-order valence-corrected chi connectivity index (χ3v) is 2.23. The van der Waals surface area contributed by atoms with Crippen molar-refractivity contribution in [1.82, 2.24) is 10.0 Å². The van der Waals surface area contributed by atoms with Gasteiger partial charge in [0.05, 0.1) is 18.5 Å². The second kappa shape index (κ2) is 4.27. The molecule has 1 fully saturated rings. The Morgan fingerprint density at radius 2 is 2.33 bits per heavy atom. The molecule has 0 aliphatic carbocycles. The quantitative estimate of drug-likeness (QED) is 0.740. The lowest BCUT2D eigenvalue weighted by Crippen LogP contribution is -2.36. The van der Waals surface area contributed by atoms with Crippen LogP contribution in [0.1, 0.15) is 23.3 Å². The molecule has 5 heteroatoms. The van der Waals surface area contributed by atoms with Crippen LogP contribution in [-0.2, 0) is 4.84 Å². The van der Waals surface area contributed by atoms with Crippen molar-refractivity contribution in [3.63, 3.8) is 0 Å². The van der Waals surface area contributed by atoms with E-state index in [1.807, 2.05) is 0 Å². The van der Waals surface area contributed by atoms with Gasteiger partial charge >= 0.3 is 0 Å². The highest BCUT2D eigenvalue weighted by atomic mass is 16.7. The number of carbonyl (C=O) groups is 1. The molecule has 1 aliphatic heterocycles. The summed E-state index contributed by atoms with van der Waals surface area (Å²) in [4.78, 5) is 21.0. The second-order valence-electron chi connectivity index (χ2n) is 3.42. The molecule has 1 aromatic heterocycles. The van der Waals surface area contributed by atoms with Crippen molar-refractivity contribution >= 4 is 11.6 Å². The third-order valence-electron chi connectivity index (χ3n) is 2.23. The number of hydrogen-bond donors (Lipinski definition) is 1. The summed E-state index contributed by atoms with van der Waals surface area (Å²) in [5, 5.41) is 1.36. The zero-order valence-electron chi connectivity index (χ0n) is 8.35. The molecule has 0 unspecified atom stereocenters. The predicted octanol–water partition coefficient (Wildman–Crippen LogP) is 0.831. The van der Waals surface area contributed by atoms with Crippen LogP contribution in [0.2, 0.25) is 0 Å². The van der Waals surface area contributed by atoms with Gasteiger partial charge in [-0.15, -0.1) is 0 Å². The van der Waals surface area contributed by atoms with Gasteiger partial charge in [-0.05, 0) is 25.0 Å². The Morgan fingerprint density at radius 1 is 1.47 bits per heavy atom. The number of hydrogen-bond acceptors (Lipinski definition) is 4. The van der Waals surface area contributed by atoms with E-state index in [0.29, 0.717) is 24.5 Å². The SMILES string of the molecule is Nc1ccc(C(=O)N2CCCCO2)nc1. The third kappa shape index (κ3) is 2.24. The maximum atomic E-state index is 11.8. The number of pyridine rings is 1. The van der Waals surface area contributed by atoms with Crippen LogP contribution in [0.3, 0.4) is 0 Å².